The normalized spacial score (nSPS) is 20.8. The van der Waals surface area contributed by atoms with Gasteiger partial charge in [0.05, 0.1) is 13.2 Å². The second-order valence-electron chi connectivity index (χ2n) is 3.13. The summed E-state index contributed by atoms with van der Waals surface area (Å²) in [5.74, 6) is 5.37. The Morgan fingerprint density at radius 1 is 1.08 bits per heavy atom. The summed E-state index contributed by atoms with van der Waals surface area (Å²) in [4.78, 5) is 0. The molecule has 1 fully saturated rings. The number of hydrogen-bond donors (Lipinski definition) is 0. The van der Waals surface area contributed by atoms with Gasteiger partial charge in [0.25, 0.3) is 0 Å². The molecule has 0 N–H and O–H groups in total. The lowest BCUT2D eigenvalue weighted by molar-refractivity contribution is -0.922. The van der Waals surface area contributed by atoms with Gasteiger partial charge in [0.2, 0.25) is 0 Å². The molecule has 0 aromatic rings. The van der Waals surface area contributed by atoms with Gasteiger partial charge in [0.15, 0.2) is 0 Å². The Kier molecular flexibility index (Phi) is 3.17. The van der Waals surface area contributed by atoms with Gasteiger partial charge >= 0.3 is 0 Å². The number of morpholine rings is 1. The molecule has 0 unspecified atom stereocenters. The molecule has 1 heterocycles. The Labute approximate surface area is 74.1 Å². The van der Waals surface area contributed by atoms with Crippen LogP contribution in [-0.4, -0.2) is 43.9 Å². The zero-order valence-electron chi connectivity index (χ0n) is 7.25. The van der Waals surface area contributed by atoms with Crippen LogP contribution in [-0.2, 0) is 4.74 Å². The molecule has 0 bridgehead atoms. The van der Waals surface area contributed by atoms with Crippen molar-refractivity contribution < 1.29 is 9.22 Å². The molecule has 1 saturated heterocycles. The minimum atomic E-state index is 0.730. The highest BCUT2D eigenvalue weighted by molar-refractivity contribution is 4.89. The molecule has 12 heavy (non-hydrogen) atoms. The van der Waals surface area contributed by atoms with E-state index < -0.39 is 0 Å². The minimum Gasteiger partial charge on any atom is -0.370 e. The SMILES string of the molecule is C#CC[N+]1(CC#C)CCOCC1. The molecule has 0 radical (unpaired) electrons. The molecule has 1 aliphatic heterocycles. The molecule has 2 heteroatoms. The lowest BCUT2D eigenvalue weighted by atomic mass is 10.3. The molecule has 0 spiro atoms. The fourth-order valence-electron chi connectivity index (χ4n) is 1.49. The molecular weight excluding hydrogens is 150 g/mol. The summed E-state index contributed by atoms with van der Waals surface area (Å²) in [5, 5.41) is 0. The van der Waals surface area contributed by atoms with Crippen LogP contribution in [0.25, 0.3) is 0 Å². The number of rotatable bonds is 2. The third-order valence-corrected chi connectivity index (χ3v) is 2.27. The fraction of sp³-hybridized carbons (Fsp3) is 0.600. The zero-order valence-corrected chi connectivity index (χ0v) is 7.25. The van der Waals surface area contributed by atoms with Gasteiger partial charge in [-0.2, -0.15) is 0 Å². The van der Waals surface area contributed by atoms with Crippen molar-refractivity contribution in [3.63, 3.8) is 0 Å². The van der Waals surface area contributed by atoms with Crippen LogP contribution in [0.3, 0.4) is 0 Å². The van der Waals surface area contributed by atoms with Gasteiger partial charge in [-0.3, -0.25) is 4.48 Å². The maximum Gasteiger partial charge on any atom is 0.141 e. The van der Waals surface area contributed by atoms with Crippen LogP contribution in [0, 0.1) is 24.7 Å². The topological polar surface area (TPSA) is 9.23 Å². The first kappa shape index (κ1) is 9.13. The Hall–Kier alpha value is -0.960. The van der Waals surface area contributed by atoms with Gasteiger partial charge in [0.1, 0.15) is 26.2 Å². The smallest absolute Gasteiger partial charge is 0.141 e. The predicted octanol–water partition coefficient (Wildman–Crippen LogP) is 0.0998. The van der Waals surface area contributed by atoms with Crippen molar-refractivity contribution in [2.24, 2.45) is 0 Å². The van der Waals surface area contributed by atoms with Gasteiger partial charge < -0.3 is 4.74 Å². The molecule has 0 amide bonds. The van der Waals surface area contributed by atoms with E-state index in [-0.39, 0.29) is 0 Å². The second-order valence-corrected chi connectivity index (χ2v) is 3.13. The minimum absolute atomic E-state index is 0.730. The van der Waals surface area contributed by atoms with Crippen molar-refractivity contribution in [3.8, 4) is 24.7 Å². The Morgan fingerprint density at radius 3 is 2.00 bits per heavy atom. The summed E-state index contributed by atoms with van der Waals surface area (Å²) in [6.07, 6.45) is 10.6. The maximum absolute atomic E-state index is 5.30. The highest BCUT2D eigenvalue weighted by Gasteiger charge is 2.28. The summed E-state index contributed by atoms with van der Waals surface area (Å²) in [6, 6.07) is 0. The van der Waals surface area contributed by atoms with Gasteiger partial charge in [-0.1, -0.05) is 0 Å². The Bertz CT molecular complexity index is 197. The van der Waals surface area contributed by atoms with Crippen molar-refractivity contribution in [2.75, 3.05) is 39.4 Å². The fourth-order valence-corrected chi connectivity index (χ4v) is 1.49. The summed E-state index contributed by atoms with van der Waals surface area (Å²) < 4.78 is 6.10. The van der Waals surface area contributed by atoms with Gasteiger partial charge in [-0.25, -0.2) is 0 Å². The quantitative estimate of drug-likeness (QED) is 0.415. The van der Waals surface area contributed by atoms with Crippen molar-refractivity contribution in [1.29, 1.82) is 0 Å². The van der Waals surface area contributed by atoms with Gasteiger partial charge in [0, 0.05) is 0 Å². The van der Waals surface area contributed by atoms with Crippen LogP contribution in [0.15, 0.2) is 0 Å². The highest BCUT2D eigenvalue weighted by Crippen LogP contribution is 2.09. The van der Waals surface area contributed by atoms with E-state index in [1.165, 1.54) is 0 Å². The van der Waals surface area contributed by atoms with E-state index in [0.29, 0.717) is 0 Å². The third-order valence-electron chi connectivity index (χ3n) is 2.27. The number of ether oxygens (including phenoxy) is 1. The van der Waals surface area contributed by atoms with Crippen LogP contribution in [0.5, 0.6) is 0 Å². The maximum atomic E-state index is 5.30. The molecular formula is C10H14NO+. The van der Waals surface area contributed by atoms with E-state index in [1.54, 1.807) is 0 Å². The van der Waals surface area contributed by atoms with E-state index >= 15 is 0 Å². The first-order chi connectivity index (χ1) is 5.83. The van der Waals surface area contributed by atoms with E-state index in [1.807, 2.05) is 0 Å². The standard InChI is InChI=1S/C10H14NO/c1-3-5-11(6-4-2)7-9-12-10-8-11/h1-2H,5-10H2/q+1. The van der Waals surface area contributed by atoms with Gasteiger partial charge in [-0.05, 0) is 11.8 Å². The average molecular weight is 164 g/mol. The number of hydrogen-bond acceptors (Lipinski definition) is 1. The monoisotopic (exact) mass is 164 g/mol. The molecule has 0 atom stereocenters. The van der Waals surface area contributed by atoms with Gasteiger partial charge in [-0.15, -0.1) is 12.8 Å². The molecule has 64 valence electrons. The van der Waals surface area contributed by atoms with E-state index in [4.69, 9.17) is 17.6 Å². The average Bonchev–Trinajstić information content (AvgIpc) is 2.07. The first-order valence-electron chi connectivity index (χ1n) is 4.13. The summed E-state index contributed by atoms with van der Waals surface area (Å²) in [7, 11) is 0. The van der Waals surface area contributed by atoms with Crippen LogP contribution >= 0.6 is 0 Å². The molecule has 1 rings (SSSR count). The first-order valence-corrected chi connectivity index (χ1v) is 4.13. The summed E-state index contributed by atoms with van der Waals surface area (Å²) >= 11 is 0. The van der Waals surface area contributed by atoms with E-state index in [0.717, 1.165) is 43.9 Å². The molecule has 0 saturated carbocycles. The lowest BCUT2D eigenvalue weighted by Gasteiger charge is -2.38. The third kappa shape index (κ3) is 2.01. The highest BCUT2D eigenvalue weighted by atomic mass is 16.5. The number of quaternary nitrogens is 1. The van der Waals surface area contributed by atoms with Crippen LogP contribution in [0.2, 0.25) is 0 Å². The largest absolute Gasteiger partial charge is 0.370 e. The van der Waals surface area contributed by atoms with Crippen LogP contribution < -0.4 is 0 Å². The van der Waals surface area contributed by atoms with Crippen molar-refractivity contribution in [1.82, 2.24) is 0 Å². The van der Waals surface area contributed by atoms with Crippen molar-refractivity contribution in [2.45, 2.75) is 0 Å². The molecule has 2 nitrogen and oxygen atoms in total. The summed E-state index contributed by atoms with van der Waals surface area (Å²) in [5.41, 5.74) is 0. The number of terminal acetylenes is 2. The second kappa shape index (κ2) is 4.16. The Balaban J connectivity index is 2.58. The summed E-state index contributed by atoms with van der Waals surface area (Å²) in [6.45, 7) is 4.93. The van der Waals surface area contributed by atoms with Crippen LogP contribution in [0.1, 0.15) is 0 Å². The zero-order chi connectivity index (χ0) is 8.86. The Morgan fingerprint density at radius 2 is 1.58 bits per heavy atom. The molecule has 0 aliphatic carbocycles. The van der Waals surface area contributed by atoms with Crippen LogP contribution in [0.4, 0.5) is 0 Å². The molecule has 0 aromatic heterocycles. The number of nitrogens with zero attached hydrogens (tertiary/aromatic N) is 1. The van der Waals surface area contributed by atoms with Crippen molar-refractivity contribution >= 4 is 0 Å². The van der Waals surface area contributed by atoms with E-state index in [2.05, 4.69) is 11.8 Å². The van der Waals surface area contributed by atoms with Crippen molar-refractivity contribution in [3.05, 3.63) is 0 Å². The van der Waals surface area contributed by atoms with E-state index in [9.17, 15) is 0 Å². The molecule has 1 aliphatic rings. The lowest BCUT2D eigenvalue weighted by Crippen LogP contribution is -2.55. The molecule has 0 aromatic carbocycles. The predicted molar refractivity (Wildman–Crippen MR) is 48.2 cm³/mol.